The number of rotatable bonds is 2. The lowest BCUT2D eigenvalue weighted by Gasteiger charge is -2.42. The van der Waals surface area contributed by atoms with E-state index in [9.17, 15) is 5.11 Å². The highest BCUT2D eigenvalue weighted by Crippen LogP contribution is 2.39. The van der Waals surface area contributed by atoms with Crippen LogP contribution in [0.5, 0.6) is 0 Å². The molecular formula is C12H22O. The largest absolute Gasteiger partial charge is 0.385 e. The zero-order valence-electron chi connectivity index (χ0n) is 9.25. The van der Waals surface area contributed by atoms with E-state index in [1.54, 1.807) is 0 Å². The summed E-state index contributed by atoms with van der Waals surface area (Å²) >= 11 is 0. The van der Waals surface area contributed by atoms with Crippen LogP contribution in [0.15, 0.2) is 12.2 Å². The van der Waals surface area contributed by atoms with E-state index < -0.39 is 5.60 Å². The van der Waals surface area contributed by atoms with Gasteiger partial charge in [-0.25, -0.2) is 0 Å². The predicted molar refractivity (Wildman–Crippen MR) is 56.5 cm³/mol. The lowest BCUT2D eigenvalue weighted by atomic mass is 9.68. The molecule has 2 atom stereocenters. The molecule has 0 aromatic heterocycles. The second kappa shape index (κ2) is 3.83. The van der Waals surface area contributed by atoms with Crippen molar-refractivity contribution >= 4 is 0 Å². The van der Waals surface area contributed by atoms with E-state index in [4.69, 9.17) is 0 Å². The molecule has 0 aliphatic heterocycles. The molecule has 0 heterocycles. The zero-order chi connectivity index (χ0) is 10.1. The van der Waals surface area contributed by atoms with E-state index >= 15 is 0 Å². The van der Waals surface area contributed by atoms with E-state index in [1.807, 2.05) is 6.08 Å². The van der Waals surface area contributed by atoms with Gasteiger partial charge in [0.2, 0.25) is 0 Å². The lowest BCUT2D eigenvalue weighted by Crippen LogP contribution is -2.45. The van der Waals surface area contributed by atoms with Crippen LogP contribution < -0.4 is 0 Å². The second-order valence-electron chi connectivity index (χ2n) is 4.87. The van der Waals surface area contributed by atoms with Crippen LogP contribution in [0.4, 0.5) is 0 Å². The Morgan fingerprint density at radius 1 is 1.31 bits per heavy atom. The summed E-state index contributed by atoms with van der Waals surface area (Å²) in [4.78, 5) is 0. The second-order valence-corrected chi connectivity index (χ2v) is 4.87. The molecular weight excluding hydrogens is 160 g/mol. The van der Waals surface area contributed by atoms with Gasteiger partial charge < -0.3 is 5.11 Å². The third kappa shape index (κ3) is 1.96. The van der Waals surface area contributed by atoms with E-state index in [1.165, 1.54) is 0 Å². The molecule has 0 fully saturated rings. The molecule has 1 aliphatic rings. The Balaban J connectivity index is 2.89. The van der Waals surface area contributed by atoms with Crippen molar-refractivity contribution in [2.24, 2.45) is 17.8 Å². The van der Waals surface area contributed by atoms with Gasteiger partial charge in [-0.1, -0.05) is 39.8 Å². The van der Waals surface area contributed by atoms with Crippen LogP contribution in [0.2, 0.25) is 0 Å². The van der Waals surface area contributed by atoms with Crippen molar-refractivity contribution in [3.8, 4) is 0 Å². The summed E-state index contributed by atoms with van der Waals surface area (Å²) in [6.45, 7) is 8.62. The SMILES string of the molecule is CC(C)C1CCC=CC1(O)C(C)C. The molecule has 76 valence electrons. The highest BCUT2D eigenvalue weighted by atomic mass is 16.3. The molecule has 1 nitrogen and oxygen atoms in total. The van der Waals surface area contributed by atoms with Gasteiger partial charge >= 0.3 is 0 Å². The van der Waals surface area contributed by atoms with Gasteiger partial charge in [0.25, 0.3) is 0 Å². The van der Waals surface area contributed by atoms with Crippen LogP contribution in [0.25, 0.3) is 0 Å². The molecule has 0 saturated carbocycles. The first kappa shape index (κ1) is 10.8. The molecule has 1 N–H and O–H groups in total. The first-order valence-corrected chi connectivity index (χ1v) is 5.38. The molecule has 0 amide bonds. The van der Waals surface area contributed by atoms with Crippen molar-refractivity contribution in [2.75, 3.05) is 0 Å². The molecule has 0 bridgehead atoms. The van der Waals surface area contributed by atoms with Crippen molar-refractivity contribution in [3.63, 3.8) is 0 Å². The van der Waals surface area contributed by atoms with Gasteiger partial charge in [0.15, 0.2) is 0 Å². The topological polar surface area (TPSA) is 20.2 Å². The van der Waals surface area contributed by atoms with Gasteiger partial charge in [0.1, 0.15) is 0 Å². The van der Waals surface area contributed by atoms with Crippen molar-refractivity contribution in [2.45, 2.75) is 46.1 Å². The van der Waals surface area contributed by atoms with Crippen molar-refractivity contribution in [1.29, 1.82) is 0 Å². The smallest absolute Gasteiger partial charge is 0.0880 e. The maximum absolute atomic E-state index is 10.5. The normalized spacial score (nSPS) is 34.5. The molecule has 1 rings (SSSR count). The van der Waals surface area contributed by atoms with Crippen molar-refractivity contribution in [3.05, 3.63) is 12.2 Å². The van der Waals surface area contributed by atoms with Gasteiger partial charge in [0.05, 0.1) is 5.60 Å². The predicted octanol–water partition coefficient (Wildman–Crippen LogP) is 3.00. The fraction of sp³-hybridized carbons (Fsp3) is 0.833. The highest BCUT2D eigenvalue weighted by Gasteiger charge is 2.39. The van der Waals surface area contributed by atoms with Gasteiger partial charge in [0, 0.05) is 0 Å². The van der Waals surface area contributed by atoms with Gasteiger partial charge in [-0.2, -0.15) is 0 Å². The van der Waals surface area contributed by atoms with Crippen molar-refractivity contribution in [1.82, 2.24) is 0 Å². The minimum atomic E-state index is -0.563. The van der Waals surface area contributed by atoms with Gasteiger partial charge in [-0.3, -0.25) is 0 Å². The number of hydrogen-bond donors (Lipinski definition) is 1. The fourth-order valence-electron chi connectivity index (χ4n) is 2.39. The van der Waals surface area contributed by atoms with Crippen molar-refractivity contribution < 1.29 is 5.11 Å². The minimum absolute atomic E-state index is 0.316. The third-order valence-corrected chi connectivity index (χ3v) is 3.35. The molecule has 2 unspecified atom stereocenters. The lowest BCUT2D eigenvalue weighted by molar-refractivity contribution is -0.0400. The Labute approximate surface area is 81.9 Å². The maximum atomic E-state index is 10.5. The summed E-state index contributed by atoms with van der Waals surface area (Å²) < 4.78 is 0. The Kier molecular flexibility index (Phi) is 3.18. The average Bonchev–Trinajstić information content (AvgIpc) is 2.04. The quantitative estimate of drug-likeness (QED) is 0.651. The Bertz CT molecular complexity index is 193. The monoisotopic (exact) mass is 182 g/mol. The van der Waals surface area contributed by atoms with Crippen LogP contribution in [0.3, 0.4) is 0 Å². The molecule has 0 aromatic rings. The summed E-state index contributed by atoms with van der Waals surface area (Å²) in [6.07, 6.45) is 6.39. The summed E-state index contributed by atoms with van der Waals surface area (Å²) in [5, 5.41) is 10.5. The molecule has 13 heavy (non-hydrogen) atoms. The zero-order valence-corrected chi connectivity index (χ0v) is 9.25. The molecule has 0 saturated heterocycles. The van der Waals surface area contributed by atoms with Crippen LogP contribution >= 0.6 is 0 Å². The standard InChI is InChI=1S/C12H22O/c1-9(2)11-7-5-6-8-12(11,13)10(3)4/h6,8-11,13H,5,7H2,1-4H3. The number of allylic oxidation sites excluding steroid dienone is 1. The van der Waals surface area contributed by atoms with Crippen LogP contribution in [0, 0.1) is 17.8 Å². The van der Waals surface area contributed by atoms with E-state index in [-0.39, 0.29) is 0 Å². The maximum Gasteiger partial charge on any atom is 0.0880 e. The Morgan fingerprint density at radius 2 is 1.92 bits per heavy atom. The Morgan fingerprint density at radius 3 is 2.31 bits per heavy atom. The minimum Gasteiger partial charge on any atom is -0.385 e. The molecule has 1 aliphatic carbocycles. The molecule has 0 aromatic carbocycles. The van der Waals surface area contributed by atoms with Crippen LogP contribution in [0.1, 0.15) is 40.5 Å². The van der Waals surface area contributed by atoms with E-state index in [0.29, 0.717) is 17.8 Å². The molecule has 0 radical (unpaired) electrons. The van der Waals surface area contributed by atoms with Gasteiger partial charge in [-0.15, -0.1) is 0 Å². The highest BCUT2D eigenvalue weighted by molar-refractivity contribution is 5.10. The Hall–Kier alpha value is -0.300. The number of aliphatic hydroxyl groups is 1. The summed E-state index contributed by atoms with van der Waals surface area (Å²) in [6, 6.07) is 0. The first-order valence-electron chi connectivity index (χ1n) is 5.38. The van der Waals surface area contributed by atoms with E-state index in [0.717, 1.165) is 12.8 Å². The fourth-order valence-corrected chi connectivity index (χ4v) is 2.39. The van der Waals surface area contributed by atoms with E-state index in [2.05, 4.69) is 33.8 Å². The van der Waals surface area contributed by atoms with Crippen LogP contribution in [-0.4, -0.2) is 10.7 Å². The average molecular weight is 182 g/mol. The summed E-state index contributed by atoms with van der Waals surface area (Å²) in [5.41, 5.74) is -0.563. The summed E-state index contributed by atoms with van der Waals surface area (Å²) in [5.74, 6) is 1.31. The molecule has 1 heteroatoms. The first-order chi connectivity index (χ1) is 5.98. The number of hydrogen-bond acceptors (Lipinski definition) is 1. The van der Waals surface area contributed by atoms with Gasteiger partial charge in [-0.05, 0) is 30.6 Å². The summed E-state index contributed by atoms with van der Waals surface area (Å²) in [7, 11) is 0. The third-order valence-electron chi connectivity index (χ3n) is 3.35. The molecule has 0 spiro atoms. The van der Waals surface area contributed by atoms with Crippen LogP contribution in [-0.2, 0) is 0 Å².